The highest BCUT2D eigenvalue weighted by molar-refractivity contribution is 5.86. The van der Waals surface area contributed by atoms with E-state index in [1.165, 1.54) is 26.8 Å². The molecule has 0 bridgehead atoms. The van der Waals surface area contributed by atoms with Crippen LogP contribution < -0.4 is 0 Å². The minimum atomic E-state index is -1.20. The van der Waals surface area contributed by atoms with E-state index in [0.717, 1.165) is 0 Å². The van der Waals surface area contributed by atoms with Gasteiger partial charge in [-0.05, 0) is 33.6 Å². The van der Waals surface area contributed by atoms with Gasteiger partial charge in [0.05, 0.1) is 18.3 Å². The van der Waals surface area contributed by atoms with E-state index < -0.39 is 35.6 Å². The second kappa shape index (κ2) is 6.31. The van der Waals surface area contributed by atoms with Crippen LogP contribution in [0.5, 0.6) is 0 Å². The average molecular weight is 260 g/mol. The fourth-order valence-corrected chi connectivity index (χ4v) is 2.34. The van der Waals surface area contributed by atoms with E-state index in [1.807, 2.05) is 0 Å². The first-order chi connectivity index (χ1) is 8.07. The van der Waals surface area contributed by atoms with Crippen LogP contribution in [-0.2, 0) is 4.79 Å². The van der Waals surface area contributed by atoms with Gasteiger partial charge in [0.2, 0.25) is 0 Å². The van der Waals surface area contributed by atoms with Crippen LogP contribution in [0.25, 0.3) is 0 Å². The van der Waals surface area contributed by atoms with Gasteiger partial charge in [0.25, 0.3) is 0 Å². The van der Waals surface area contributed by atoms with Crippen molar-refractivity contribution in [3.8, 4) is 0 Å². The number of carboxylic acids is 1. The number of aliphatic hydroxyl groups excluding tert-OH is 3. The molecule has 0 aromatic rings. The minimum Gasteiger partial charge on any atom is -0.478 e. The molecule has 4 atom stereocenters. The molecule has 5 heteroatoms. The summed E-state index contributed by atoms with van der Waals surface area (Å²) in [6.07, 6.45) is -1.41. The van der Waals surface area contributed by atoms with Gasteiger partial charge in [-0.25, -0.2) is 4.79 Å². The van der Waals surface area contributed by atoms with Crippen LogP contribution in [0, 0.1) is 11.3 Å². The Hall–Kier alpha value is -0.910. The average Bonchev–Trinajstić information content (AvgIpc) is 2.22. The maximum absolute atomic E-state index is 10.9. The van der Waals surface area contributed by atoms with E-state index in [1.54, 1.807) is 13.8 Å². The lowest BCUT2D eigenvalue weighted by Crippen LogP contribution is -2.49. The van der Waals surface area contributed by atoms with Gasteiger partial charge in [-0.3, -0.25) is 0 Å². The third-order valence-corrected chi connectivity index (χ3v) is 3.76. The van der Waals surface area contributed by atoms with Gasteiger partial charge in [0.15, 0.2) is 0 Å². The summed E-state index contributed by atoms with van der Waals surface area (Å²) in [5.74, 6) is -1.61. The molecule has 0 saturated heterocycles. The largest absolute Gasteiger partial charge is 0.478 e. The summed E-state index contributed by atoms with van der Waals surface area (Å²) in [4.78, 5) is 10.9. The molecular weight excluding hydrogens is 236 g/mol. The Morgan fingerprint density at radius 2 is 1.44 bits per heavy atom. The number of aliphatic hydroxyl groups is 3. The third kappa shape index (κ3) is 3.31. The summed E-state index contributed by atoms with van der Waals surface area (Å²) in [5, 5.41) is 38.6. The van der Waals surface area contributed by atoms with Crippen molar-refractivity contribution in [2.75, 3.05) is 0 Å². The van der Waals surface area contributed by atoms with Crippen LogP contribution in [0.4, 0.5) is 0 Å². The lowest BCUT2D eigenvalue weighted by Gasteiger charge is -2.43. The Kier molecular flexibility index (Phi) is 5.99. The summed E-state index contributed by atoms with van der Waals surface area (Å²) < 4.78 is 0. The molecule has 0 saturated carbocycles. The summed E-state index contributed by atoms with van der Waals surface area (Å²) in [6.45, 7) is 7.59. The van der Waals surface area contributed by atoms with E-state index in [0.29, 0.717) is 0 Å². The second-order valence-corrected chi connectivity index (χ2v) is 5.01. The van der Waals surface area contributed by atoms with Crippen LogP contribution in [0.3, 0.4) is 0 Å². The van der Waals surface area contributed by atoms with Crippen LogP contribution in [0.1, 0.15) is 34.6 Å². The fourth-order valence-electron chi connectivity index (χ4n) is 2.34. The lowest BCUT2D eigenvalue weighted by atomic mass is 9.66. The standard InChI is InChI=1S/C13H24O5/c1-7(12(17)18)6-13(10(4)15,11(5)16)8(2)9(3)14/h6,8-11,14-16H,1-5H3,(H,17,18). The fraction of sp³-hybridized carbons (Fsp3) is 0.769. The molecule has 0 heterocycles. The van der Waals surface area contributed by atoms with Crippen molar-refractivity contribution in [1.29, 1.82) is 0 Å². The minimum absolute atomic E-state index is 0.0318. The van der Waals surface area contributed by atoms with Gasteiger partial charge >= 0.3 is 5.97 Å². The molecule has 0 aromatic heterocycles. The normalized spacial score (nSPS) is 22.8. The smallest absolute Gasteiger partial charge is 0.330 e. The van der Waals surface area contributed by atoms with Crippen molar-refractivity contribution in [3.05, 3.63) is 11.6 Å². The molecule has 0 amide bonds. The summed E-state index contributed by atoms with van der Waals surface area (Å²) in [7, 11) is 0. The molecule has 4 N–H and O–H groups in total. The number of hydrogen-bond acceptors (Lipinski definition) is 4. The number of aliphatic carboxylic acids is 1. The molecule has 5 nitrogen and oxygen atoms in total. The Bertz CT molecular complexity index is 309. The molecule has 0 spiro atoms. The molecule has 0 aliphatic heterocycles. The highest BCUT2D eigenvalue weighted by Crippen LogP contribution is 2.40. The van der Waals surface area contributed by atoms with E-state index >= 15 is 0 Å². The van der Waals surface area contributed by atoms with Crippen molar-refractivity contribution < 1.29 is 25.2 Å². The number of rotatable bonds is 6. The first-order valence-electron chi connectivity index (χ1n) is 6.04. The van der Waals surface area contributed by atoms with Crippen LogP contribution in [0.15, 0.2) is 11.6 Å². The quantitative estimate of drug-likeness (QED) is 0.529. The zero-order valence-corrected chi connectivity index (χ0v) is 11.6. The molecule has 0 radical (unpaired) electrons. The molecule has 106 valence electrons. The molecule has 0 aromatic carbocycles. The number of carbonyl (C=O) groups is 1. The van der Waals surface area contributed by atoms with Gasteiger partial charge < -0.3 is 20.4 Å². The second-order valence-electron chi connectivity index (χ2n) is 5.01. The van der Waals surface area contributed by atoms with E-state index in [2.05, 4.69) is 0 Å². The first kappa shape index (κ1) is 17.1. The van der Waals surface area contributed by atoms with E-state index in [-0.39, 0.29) is 5.57 Å². The van der Waals surface area contributed by atoms with Crippen molar-refractivity contribution in [1.82, 2.24) is 0 Å². The van der Waals surface area contributed by atoms with Crippen LogP contribution in [0.2, 0.25) is 0 Å². The third-order valence-electron chi connectivity index (χ3n) is 3.76. The molecule has 4 unspecified atom stereocenters. The van der Waals surface area contributed by atoms with E-state index in [4.69, 9.17) is 5.11 Å². The van der Waals surface area contributed by atoms with Crippen molar-refractivity contribution in [2.24, 2.45) is 11.3 Å². The molecule has 0 aliphatic carbocycles. The van der Waals surface area contributed by atoms with Crippen LogP contribution in [-0.4, -0.2) is 44.7 Å². The van der Waals surface area contributed by atoms with Gasteiger partial charge in [0.1, 0.15) is 0 Å². The number of carboxylic acid groups (broad SMARTS) is 1. The maximum atomic E-state index is 10.9. The monoisotopic (exact) mass is 260 g/mol. The Morgan fingerprint density at radius 3 is 1.67 bits per heavy atom. The highest BCUT2D eigenvalue weighted by Gasteiger charge is 2.45. The Labute approximate surface area is 108 Å². The molecule has 0 aliphatic rings. The number of hydrogen-bond donors (Lipinski definition) is 4. The van der Waals surface area contributed by atoms with Crippen molar-refractivity contribution in [3.63, 3.8) is 0 Å². The Balaban J connectivity index is 5.80. The van der Waals surface area contributed by atoms with E-state index in [9.17, 15) is 20.1 Å². The van der Waals surface area contributed by atoms with Crippen molar-refractivity contribution in [2.45, 2.75) is 52.9 Å². The zero-order valence-electron chi connectivity index (χ0n) is 11.6. The van der Waals surface area contributed by atoms with Crippen molar-refractivity contribution >= 4 is 5.97 Å². The van der Waals surface area contributed by atoms with Crippen LogP contribution >= 0.6 is 0 Å². The van der Waals surface area contributed by atoms with Gasteiger partial charge in [-0.2, -0.15) is 0 Å². The lowest BCUT2D eigenvalue weighted by molar-refractivity contribution is -0.133. The molecule has 18 heavy (non-hydrogen) atoms. The van der Waals surface area contributed by atoms with Gasteiger partial charge in [0, 0.05) is 11.0 Å². The first-order valence-corrected chi connectivity index (χ1v) is 6.04. The zero-order chi connectivity index (χ0) is 14.7. The summed E-state index contributed by atoms with van der Waals surface area (Å²) >= 11 is 0. The topological polar surface area (TPSA) is 98.0 Å². The predicted octanol–water partition coefficient (Wildman–Crippen LogP) is 0.782. The Morgan fingerprint density at radius 1 is 1.06 bits per heavy atom. The van der Waals surface area contributed by atoms with Gasteiger partial charge in [-0.1, -0.05) is 13.0 Å². The summed E-state index contributed by atoms with van der Waals surface area (Å²) in [6, 6.07) is 0. The van der Waals surface area contributed by atoms with Gasteiger partial charge in [-0.15, -0.1) is 0 Å². The maximum Gasteiger partial charge on any atom is 0.330 e. The molecular formula is C13H24O5. The predicted molar refractivity (Wildman–Crippen MR) is 68.0 cm³/mol. The molecule has 0 rings (SSSR count). The highest BCUT2D eigenvalue weighted by atomic mass is 16.4. The summed E-state index contributed by atoms with van der Waals surface area (Å²) in [5.41, 5.74) is -1.17. The molecule has 0 fully saturated rings. The SMILES string of the molecule is CC(=CC(C(C)O)(C(C)O)C(C)C(C)O)C(=O)O.